The number of cyclic esters (lactones) is 2. The zero-order valence-corrected chi connectivity index (χ0v) is 37.1. The van der Waals surface area contributed by atoms with Gasteiger partial charge in [0.05, 0.1) is 12.6 Å². The predicted molar refractivity (Wildman–Crippen MR) is 223 cm³/mol. The lowest BCUT2D eigenvalue weighted by atomic mass is 9.86. The van der Waals surface area contributed by atoms with E-state index in [9.17, 15) is 38.7 Å². The van der Waals surface area contributed by atoms with Crippen molar-refractivity contribution in [2.24, 2.45) is 23.7 Å². The maximum Gasteiger partial charge on any atom is 0.334 e. The lowest BCUT2D eigenvalue weighted by molar-refractivity contribution is -0.161. The third-order valence-electron chi connectivity index (χ3n) is 11.2. The van der Waals surface area contributed by atoms with E-state index in [1.807, 2.05) is 40.7 Å². The van der Waals surface area contributed by atoms with Gasteiger partial charge in [0.2, 0.25) is 23.6 Å². The molecule has 15 nitrogen and oxygen atoms in total. The summed E-state index contributed by atoms with van der Waals surface area (Å²) in [6, 6.07) is 4.59. The van der Waals surface area contributed by atoms with Crippen molar-refractivity contribution in [3.05, 3.63) is 47.5 Å². The number of likely N-dealkylation sites (N-methyl/N-ethyl adjacent to an activating group) is 2. The minimum atomic E-state index is -1.25. The molecule has 2 rings (SSSR count). The number of ether oxygens (including phenoxy) is 2. The van der Waals surface area contributed by atoms with Crippen LogP contribution in [-0.4, -0.2) is 120 Å². The summed E-state index contributed by atoms with van der Waals surface area (Å²) in [6.07, 6.45) is -0.192. The Labute approximate surface area is 350 Å². The monoisotopic (exact) mass is 828 g/mol. The van der Waals surface area contributed by atoms with Crippen LogP contribution in [0.2, 0.25) is 0 Å². The number of rotatable bonds is 8. The second-order valence-electron chi connectivity index (χ2n) is 16.6. The highest BCUT2D eigenvalue weighted by Gasteiger charge is 2.37. The Morgan fingerprint density at radius 3 is 1.97 bits per heavy atom. The van der Waals surface area contributed by atoms with Crippen molar-refractivity contribution in [3.8, 4) is 0 Å². The van der Waals surface area contributed by atoms with Crippen LogP contribution in [0.1, 0.15) is 100 Å². The van der Waals surface area contributed by atoms with Crippen LogP contribution in [0.5, 0.6) is 0 Å². The highest BCUT2D eigenvalue weighted by molar-refractivity contribution is 5.96. The summed E-state index contributed by atoms with van der Waals surface area (Å²) < 4.78 is 11.6. The normalized spacial score (nSPS) is 29.1. The van der Waals surface area contributed by atoms with E-state index in [-0.39, 0.29) is 42.6 Å². The molecule has 5 amide bonds. The number of esters is 2. The van der Waals surface area contributed by atoms with Crippen LogP contribution >= 0.6 is 0 Å². The van der Waals surface area contributed by atoms with Crippen LogP contribution in [-0.2, 0) is 49.5 Å². The van der Waals surface area contributed by atoms with Crippen molar-refractivity contribution < 1.29 is 48.1 Å². The van der Waals surface area contributed by atoms with Crippen LogP contribution in [0.3, 0.4) is 0 Å². The Morgan fingerprint density at radius 1 is 0.797 bits per heavy atom. The molecule has 1 aromatic rings. The van der Waals surface area contributed by atoms with Gasteiger partial charge in [-0.3, -0.25) is 24.0 Å². The van der Waals surface area contributed by atoms with Gasteiger partial charge in [0.1, 0.15) is 30.3 Å². The number of hydrogen-bond donors (Lipinski definition) is 4. The van der Waals surface area contributed by atoms with Gasteiger partial charge in [-0.15, -0.1) is 0 Å². The lowest BCUT2D eigenvalue weighted by Crippen LogP contribution is -2.57. The second-order valence-corrected chi connectivity index (χ2v) is 16.6. The number of nitrogens with zero attached hydrogens (tertiary/aromatic N) is 2. The van der Waals surface area contributed by atoms with E-state index in [1.165, 1.54) is 50.7 Å². The van der Waals surface area contributed by atoms with Crippen LogP contribution < -0.4 is 16.0 Å². The molecule has 0 bridgehead atoms. The van der Waals surface area contributed by atoms with Crippen LogP contribution in [0, 0.1) is 23.7 Å². The first-order chi connectivity index (χ1) is 27.6. The number of aliphatic hydroxyl groups is 1. The first-order valence-electron chi connectivity index (χ1n) is 20.8. The third kappa shape index (κ3) is 15.1. The first-order valence-corrected chi connectivity index (χ1v) is 20.8. The topological polar surface area (TPSA) is 201 Å². The molecule has 1 aromatic carbocycles. The fourth-order valence-corrected chi connectivity index (χ4v) is 6.77. The van der Waals surface area contributed by atoms with E-state index in [0.717, 1.165) is 5.56 Å². The van der Waals surface area contributed by atoms with E-state index >= 15 is 0 Å². The zero-order valence-electron chi connectivity index (χ0n) is 37.1. The lowest BCUT2D eigenvalue weighted by Gasteiger charge is -2.33. The Morgan fingerprint density at radius 2 is 1.39 bits per heavy atom. The largest absolute Gasteiger partial charge is 0.460 e. The molecule has 330 valence electrons. The Hall–Kier alpha value is -4.79. The summed E-state index contributed by atoms with van der Waals surface area (Å²) in [4.78, 5) is 98.1. The van der Waals surface area contributed by atoms with Crippen molar-refractivity contribution in [1.29, 1.82) is 0 Å². The van der Waals surface area contributed by atoms with Gasteiger partial charge < -0.3 is 40.3 Å². The Kier molecular flexibility index (Phi) is 20.2. The van der Waals surface area contributed by atoms with Crippen LogP contribution in [0.25, 0.3) is 0 Å². The molecule has 15 heteroatoms. The summed E-state index contributed by atoms with van der Waals surface area (Å²) >= 11 is 0. The summed E-state index contributed by atoms with van der Waals surface area (Å²) in [5.74, 6) is -5.84. The highest BCUT2D eigenvalue weighted by Crippen LogP contribution is 2.26. The maximum atomic E-state index is 14.1. The van der Waals surface area contributed by atoms with Crippen molar-refractivity contribution in [3.63, 3.8) is 0 Å². The van der Waals surface area contributed by atoms with E-state index in [2.05, 4.69) is 16.0 Å². The molecular weight excluding hydrogens is 759 g/mol. The molecular formula is C44H69N5O10. The number of benzene rings is 1. The molecule has 0 saturated heterocycles. The van der Waals surface area contributed by atoms with Gasteiger partial charge in [0.15, 0.2) is 6.10 Å². The number of hydrogen-bond acceptors (Lipinski definition) is 10. The first kappa shape index (κ1) is 50.4. The summed E-state index contributed by atoms with van der Waals surface area (Å²) in [7, 11) is 2.86. The molecule has 0 saturated carbocycles. The van der Waals surface area contributed by atoms with Crippen LogP contribution in [0.15, 0.2) is 42.0 Å². The van der Waals surface area contributed by atoms with Gasteiger partial charge in [-0.1, -0.05) is 97.7 Å². The number of carbonyl (C=O) groups excluding carboxylic acids is 7. The van der Waals surface area contributed by atoms with Gasteiger partial charge in [-0.05, 0) is 56.9 Å². The van der Waals surface area contributed by atoms with Crippen LogP contribution in [0.4, 0.5) is 0 Å². The molecule has 4 N–H and O–H groups in total. The predicted octanol–water partition coefficient (Wildman–Crippen LogP) is 3.32. The van der Waals surface area contributed by atoms with E-state index in [1.54, 1.807) is 38.1 Å². The fourth-order valence-electron chi connectivity index (χ4n) is 6.77. The number of amides is 5. The highest BCUT2D eigenvalue weighted by atomic mass is 16.6. The SMILES string of the molecule is CCC(C)[C@@H]1NC(=O)CN(C)C(=O)[C@@H](Cc2ccccc2)N(C)C(=O)[C@H](C)NC(=O)[C@@H](CC(C)C)OC(=O)/C(C)=C/C[C@H](O)[C@H](C)[C@@H]([C@@H](C)CC)OC(=O)[C@@H](C)NC1=O. The molecule has 1 heterocycles. The van der Waals surface area contributed by atoms with Crippen molar-refractivity contribution in [2.75, 3.05) is 20.6 Å². The van der Waals surface area contributed by atoms with Gasteiger partial charge >= 0.3 is 11.9 Å². The minimum absolute atomic E-state index is 0.00608. The molecule has 0 radical (unpaired) electrons. The Bertz CT molecular complexity index is 1630. The molecule has 0 spiro atoms. The smallest absolute Gasteiger partial charge is 0.334 e. The van der Waals surface area contributed by atoms with Crippen molar-refractivity contribution in [1.82, 2.24) is 25.8 Å². The molecule has 0 aromatic heterocycles. The minimum Gasteiger partial charge on any atom is -0.460 e. The molecule has 10 atom stereocenters. The molecule has 1 aliphatic heterocycles. The van der Waals surface area contributed by atoms with Gasteiger partial charge in [-0.25, -0.2) is 9.59 Å². The maximum absolute atomic E-state index is 14.1. The molecule has 0 fully saturated rings. The average molecular weight is 828 g/mol. The quantitative estimate of drug-likeness (QED) is 0.282. The van der Waals surface area contributed by atoms with E-state index < -0.39 is 96.4 Å². The molecule has 1 unspecified atom stereocenters. The van der Waals surface area contributed by atoms with E-state index in [0.29, 0.717) is 12.8 Å². The number of nitrogens with one attached hydrogen (secondary N) is 3. The van der Waals surface area contributed by atoms with Gasteiger partial charge in [0.25, 0.3) is 5.91 Å². The van der Waals surface area contributed by atoms with Gasteiger partial charge in [-0.2, -0.15) is 0 Å². The number of carbonyl (C=O) groups is 7. The van der Waals surface area contributed by atoms with Crippen molar-refractivity contribution >= 4 is 41.5 Å². The average Bonchev–Trinajstić information content (AvgIpc) is 3.20. The number of aliphatic hydroxyl groups excluding tert-OH is 1. The molecule has 0 aliphatic carbocycles. The molecule has 1 aliphatic rings. The standard InChI is InChI=1S/C44H69N5O10/c1-13-26(5)37-40(53)46-31(10)44(57)59-38(27(6)14-2)29(8)34(50)21-20-28(7)43(56)58-35(22-25(3)4)39(52)45-30(9)41(54)49(12)33(23-32-18-16-15-17-19-32)42(55)48(11)24-36(51)47-37/h15-20,25-27,29-31,33-35,37-38,50H,13-14,21-24H2,1-12H3,(H,45,52)(H,46,53)(H,47,51)/b28-20+/t26?,27-,29-,30-,31+,33+,34-,35+,37-,38+/m0/s1. The van der Waals surface area contributed by atoms with Crippen molar-refractivity contribution in [2.45, 2.75) is 144 Å². The Balaban J connectivity index is 2.61. The summed E-state index contributed by atoms with van der Waals surface area (Å²) in [6.45, 7) is 16.9. The summed E-state index contributed by atoms with van der Waals surface area (Å²) in [5, 5.41) is 19.3. The third-order valence-corrected chi connectivity index (χ3v) is 11.2. The summed E-state index contributed by atoms with van der Waals surface area (Å²) in [5.41, 5.74) is 0.886. The van der Waals surface area contributed by atoms with Gasteiger partial charge in [0, 0.05) is 32.0 Å². The van der Waals surface area contributed by atoms with E-state index in [4.69, 9.17) is 9.47 Å². The second kappa shape index (κ2) is 23.7. The molecule has 59 heavy (non-hydrogen) atoms. The zero-order chi connectivity index (χ0) is 44.7. The fraction of sp³-hybridized carbons (Fsp3) is 0.659.